The highest BCUT2D eigenvalue weighted by Crippen LogP contribution is 2.31. The number of nitrogens with zero attached hydrogens (tertiary/aromatic N) is 5. The molecule has 1 aliphatic carbocycles. The number of aryl methyl sites for hydroxylation is 1. The molecular weight excluding hydrogens is 395 g/mol. The third-order valence-corrected chi connectivity index (χ3v) is 5.95. The van der Waals surface area contributed by atoms with Crippen molar-refractivity contribution in [3.05, 3.63) is 53.1 Å². The van der Waals surface area contributed by atoms with Gasteiger partial charge in [0.25, 0.3) is 0 Å². The molecule has 2 N–H and O–H groups in total. The van der Waals surface area contributed by atoms with E-state index in [0.717, 1.165) is 54.5 Å². The Balaban J connectivity index is 1.32. The molecule has 0 radical (unpaired) electrons. The average molecular weight is 423 g/mol. The molecule has 3 aromatic rings. The zero-order chi connectivity index (χ0) is 21.4. The quantitative estimate of drug-likeness (QED) is 0.633. The fourth-order valence-corrected chi connectivity index (χ4v) is 3.97. The van der Waals surface area contributed by atoms with Crippen LogP contribution in [-0.2, 0) is 13.2 Å². The smallest absolute Gasteiger partial charge is 0.172 e. The van der Waals surface area contributed by atoms with Crippen LogP contribution in [-0.4, -0.2) is 57.2 Å². The summed E-state index contributed by atoms with van der Waals surface area (Å²) in [6.07, 6.45) is 4.12. The van der Waals surface area contributed by atoms with Gasteiger partial charge in [-0.3, -0.25) is 9.88 Å². The second-order valence-corrected chi connectivity index (χ2v) is 8.48. The Labute approximate surface area is 180 Å². The van der Waals surface area contributed by atoms with E-state index in [9.17, 15) is 9.50 Å². The van der Waals surface area contributed by atoms with Gasteiger partial charge in [-0.1, -0.05) is 12.1 Å². The maximum Gasteiger partial charge on any atom is 0.172 e. The number of fused-ring (bicyclic) bond motifs is 1. The number of rotatable bonds is 6. The van der Waals surface area contributed by atoms with Crippen molar-refractivity contribution in [1.29, 1.82) is 0 Å². The predicted molar refractivity (Wildman–Crippen MR) is 119 cm³/mol. The van der Waals surface area contributed by atoms with Crippen LogP contribution >= 0.6 is 0 Å². The van der Waals surface area contributed by atoms with Crippen molar-refractivity contribution in [3.8, 4) is 0 Å². The average Bonchev–Trinajstić information content (AvgIpc) is 3.59. The first-order valence-corrected chi connectivity index (χ1v) is 10.9. The van der Waals surface area contributed by atoms with E-state index in [-0.39, 0.29) is 12.4 Å². The number of aliphatic hydroxyl groups excluding tert-OH is 1. The maximum absolute atomic E-state index is 14.3. The summed E-state index contributed by atoms with van der Waals surface area (Å²) in [4.78, 5) is 18.7. The summed E-state index contributed by atoms with van der Waals surface area (Å²) in [5.41, 5.74) is 3.85. The van der Waals surface area contributed by atoms with Gasteiger partial charge >= 0.3 is 0 Å². The molecule has 0 amide bonds. The minimum Gasteiger partial charge on any atom is -0.392 e. The number of anilines is 2. The van der Waals surface area contributed by atoms with Gasteiger partial charge in [0.2, 0.25) is 0 Å². The second kappa shape index (κ2) is 8.36. The lowest BCUT2D eigenvalue weighted by molar-refractivity contribution is 0.246. The first-order chi connectivity index (χ1) is 15.1. The third-order valence-electron chi connectivity index (χ3n) is 5.95. The zero-order valence-corrected chi connectivity index (χ0v) is 17.7. The normalized spacial score (nSPS) is 17.3. The largest absolute Gasteiger partial charge is 0.392 e. The fraction of sp³-hybridized carbons (Fsp3) is 0.435. The van der Waals surface area contributed by atoms with Crippen LogP contribution in [0.3, 0.4) is 0 Å². The summed E-state index contributed by atoms with van der Waals surface area (Å²) in [5.74, 6) is 1.47. The lowest BCUT2D eigenvalue weighted by Gasteiger charge is -2.36. The number of nitrogens with one attached hydrogen (secondary N) is 1. The molecule has 1 saturated carbocycles. The van der Waals surface area contributed by atoms with Crippen LogP contribution in [0.1, 0.15) is 29.7 Å². The molecule has 162 valence electrons. The first kappa shape index (κ1) is 20.1. The molecule has 2 fully saturated rings. The molecule has 1 aliphatic heterocycles. The Morgan fingerprint density at radius 3 is 2.61 bits per heavy atom. The van der Waals surface area contributed by atoms with Gasteiger partial charge < -0.3 is 15.3 Å². The summed E-state index contributed by atoms with van der Waals surface area (Å²) < 4.78 is 14.3. The topological polar surface area (TPSA) is 77.4 Å². The van der Waals surface area contributed by atoms with E-state index in [1.54, 1.807) is 18.3 Å². The van der Waals surface area contributed by atoms with E-state index in [0.29, 0.717) is 23.7 Å². The van der Waals surface area contributed by atoms with Crippen molar-refractivity contribution < 1.29 is 9.50 Å². The number of aromatic nitrogens is 3. The van der Waals surface area contributed by atoms with Gasteiger partial charge in [0.15, 0.2) is 11.6 Å². The minimum atomic E-state index is -0.255. The second-order valence-electron chi connectivity index (χ2n) is 8.48. The van der Waals surface area contributed by atoms with E-state index in [4.69, 9.17) is 9.97 Å². The van der Waals surface area contributed by atoms with Crippen LogP contribution in [0.15, 0.2) is 30.5 Å². The monoisotopic (exact) mass is 422 g/mol. The Morgan fingerprint density at radius 1 is 1.10 bits per heavy atom. The van der Waals surface area contributed by atoms with Crippen molar-refractivity contribution in [2.24, 2.45) is 0 Å². The molecule has 2 aromatic heterocycles. The number of aliphatic hydroxyl groups is 1. The van der Waals surface area contributed by atoms with Crippen LogP contribution in [0.25, 0.3) is 11.0 Å². The summed E-state index contributed by atoms with van der Waals surface area (Å²) in [6.45, 7) is 5.63. The van der Waals surface area contributed by atoms with Crippen LogP contribution < -0.4 is 10.2 Å². The lowest BCUT2D eigenvalue weighted by atomic mass is 10.1. The summed E-state index contributed by atoms with van der Waals surface area (Å²) in [6, 6.07) is 7.43. The molecule has 2 aliphatic rings. The molecule has 8 heteroatoms. The molecule has 0 atom stereocenters. The van der Waals surface area contributed by atoms with Crippen LogP contribution in [0.4, 0.5) is 16.0 Å². The standard InChI is InChI=1S/C23H27FN6O/c1-15-10-20-21(12-25-15)27-22(26-18-4-5-18)23(28-20)30-8-6-29(7-9-30)13-17-3-2-16(14-31)11-19(17)24/h2-3,10-12,18,31H,4-9,13-14H2,1H3,(H,26,27). The summed E-state index contributed by atoms with van der Waals surface area (Å²) in [5, 5.41) is 12.7. The molecule has 0 spiro atoms. The van der Waals surface area contributed by atoms with Gasteiger partial charge in [-0.25, -0.2) is 14.4 Å². The molecule has 1 saturated heterocycles. The highest BCUT2D eigenvalue weighted by Gasteiger charge is 2.27. The molecule has 5 rings (SSSR count). The Hall–Kier alpha value is -2.84. The van der Waals surface area contributed by atoms with E-state index in [1.165, 1.54) is 18.9 Å². The molecular formula is C23H27FN6O. The minimum absolute atomic E-state index is 0.143. The zero-order valence-electron chi connectivity index (χ0n) is 17.7. The molecule has 3 heterocycles. The van der Waals surface area contributed by atoms with E-state index >= 15 is 0 Å². The Kier molecular flexibility index (Phi) is 5.41. The number of benzene rings is 1. The Morgan fingerprint density at radius 2 is 1.90 bits per heavy atom. The van der Waals surface area contributed by atoms with Crippen molar-refractivity contribution in [1.82, 2.24) is 19.9 Å². The number of halogens is 1. The molecule has 31 heavy (non-hydrogen) atoms. The van der Waals surface area contributed by atoms with Gasteiger partial charge in [0.05, 0.1) is 18.3 Å². The van der Waals surface area contributed by atoms with Gasteiger partial charge in [0, 0.05) is 50.0 Å². The number of hydrogen-bond donors (Lipinski definition) is 2. The molecule has 0 bridgehead atoms. The lowest BCUT2D eigenvalue weighted by Crippen LogP contribution is -2.46. The van der Waals surface area contributed by atoms with E-state index in [2.05, 4.69) is 20.1 Å². The number of pyridine rings is 1. The van der Waals surface area contributed by atoms with Gasteiger partial charge in [-0.15, -0.1) is 0 Å². The molecule has 7 nitrogen and oxygen atoms in total. The fourth-order valence-electron chi connectivity index (χ4n) is 3.97. The number of piperazine rings is 1. The summed E-state index contributed by atoms with van der Waals surface area (Å²) in [7, 11) is 0. The Bertz CT molecular complexity index is 1090. The molecule has 1 aromatic carbocycles. The predicted octanol–water partition coefficient (Wildman–Crippen LogP) is 2.86. The van der Waals surface area contributed by atoms with Crippen LogP contribution in [0.5, 0.6) is 0 Å². The first-order valence-electron chi connectivity index (χ1n) is 10.9. The SMILES string of the molecule is Cc1cc2nc(N3CCN(Cc4ccc(CO)cc4F)CC3)c(NC3CC3)nc2cn1. The van der Waals surface area contributed by atoms with Crippen LogP contribution in [0.2, 0.25) is 0 Å². The van der Waals surface area contributed by atoms with Crippen LogP contribution in [0, 0.1) is 12.7 Å². The molecule has 0 unspecified atom stereocenters. The van der Waals surface area contributed by atoms with E-state index in [1.807, 2.05) is 13.0 Å². The maximum atomic E-state index is 14.3. The van der Waals surface area contributed by atoms with E-state index < -0.39 is 0 Å². The van der Waals surface area contributed by atoms with Gasteiger partial charge in [-0.2, -0.15) is 0 Å². The summed E-state index contributed by atoms with van der Waals surface area (Å²) >= 11 is 0. The van der Waals surface area contributed by atoms with Crippen molar-refractivity contribution in [2.45, 2.75) is 39.0 Å². The highest BCUT2D eigenvalue weighted by molar-refractivity contribution is 5.80. The highest BCUT2D eigenvalue weighted by atomic mass is 19.1. The van der Waals surface area contributed by atoms with Crippen molar-refractivity contribution in [3.63, 3.8) is 0 Å². The van der Waals surface area contributed by atoms with Gasteiger partial charge in [-0.05, 0) is 37.5 Å². The van der Waals surface area contributed by atoms with Crippen molar-refractivity contribution in [2.75, 3.05) is 36.4 Å². The third kappa shape index (κ3) is 4.45. The van der Waals surface area contributed by atoms with Crippen molar-refractivity contribution >= 4 is 22.7 Å². The number of hydrogen-bond acceptors (Lipinski definition) is 7. The van der Waals surface area contributed by atoms with Gasteiger partial charge in [0.1, 0.15) is 11.3 Å².